The van der Waals surface area contributed by atoms with Crippen molar-refractivity contribution in [3.63, 3.8) is 0 Å². The van der Waals surface area contributed by atoms with Crippen LogP contribution in [0.25, 0.3) is 0 Å². The van der Waals surface area contributed by atoms with Crippen molar-refractivity contribution in [2.24, 2.45) is 16.6 Å². The molecule has 2 N–H and O–H groups in total. The molecule has 92 valence electrons. The van der Waals surface area contributed by atoms with Crippen LogP contribution in [0.4, 0.5) is 5.69 Å². The second-order valence-corrected chi connectivity index (χ2v) is 4.98. The molecule has 0 spiro atoms. The molecule has 1 aromatic rings. The number of hydrogen-bond acceptors (Lipinski definition) is 1. The van der Waals surface area contributed by atoms with Gasteiger partial charge in [-0.05, 0) is 30.4 Å². The summed E-state index contributed by atoms with van der Waals surface area (Å²) >= 11 is 0. The van der Waals surface area contributed by atoms with Crippen LogP contribution in [0.5, 0.6) is 0 Å². The van der Waals surface area contributed by atoms with E-state index in [9.17, 15) is 0 Å². The summed E-state index contributed by atoms with van der Waals surface area (Å²) in [7, 11) is 0. The van der Waals surface area contributed by atoms with Crippen LogP contribution < -0.4 is 10.6 Å². The number of guanidine groups is 1. The van der Waals surface area contributed by atoms with Gasteiger partial charge in [-0.25, -0.2) is 0 Å². The highest BCUT2D eigenvalue weighted by Crippen LogP contribution is 2.26. The Morgan fingerprint density at radius 1 is 1.41 bits per heavy atom. The molecule has 0 radical (unpaired) electrons. The number of hydrogen-bond donors (Lipinski definition) is 1. The Bertz CT molecular complexity index is 410. The molecule has 3 heteroatoms. The lowest BCUT2D eigenvalue weighted by Gasteiger charge is -2.30. The number of aliphatic imine (C=N–C) groups is 1. The predicted molar refractivity (Wildman–Crippen MR) is 73.4 cm³/mol. The lowest BCUT2D eigenvalue weighted by Crippen LogP contribution is -2.41. The molecular weight excluding hydrogens is 210 g/mol. The van der Waals surface area contributed by atoms with Crippen LogP contribution in [0.15, 0.2) is 29.3 Å². The van der Waals surface area contributed by atoms with E-state index in [4.69, 9.17) is 5.73 Å². The highest BCUT2D eigenvalue weighted by atomic mass is 15.3. The van der Waals surface area contributed by atoms with Crippen LogP contribution in [0.3, 0.4) is 0 Å². The Morgan fingerprint density at radius 3 is 2.94 bits per heavy atom. The smallest absolute Gasteiger partial charge is 0.195 e. The van der Waals surface area contributed by atoms with Crippen molar-refractivity contribution in [2.45, 2.75) is 26.7 Å². The van der Waals surface area contributed by atoms with Crippen molar-refractivity contribution < 1.29 is 0 Å². The van der Waals surface area contributed by atoms with Crippen LogP contribution in [0.1, 0.15) is 25.8 Å². The predicted octanol–water partition coefficient (Wildman–Crippen LogP) is 2.41. The zero-order chi connectivity index (χ0) is 12.3. The second-order valence-electron chi connectivity index (χ2n) is 4.98. The first-order valence-corrected chi connectivity index (χ1v) is 6.34. The van der Waals surface area contributed by atoms with Crippen molar-refractivity contribution in [1.82, 2.24) is 0 Å². The number of anilines is 1. The monoisotopic (exact) mass is 231 g/mol. The van der Waals surface area contributed by atoms with E-state index in [-0.39, 0.29) is 0 Å². The number of nitrogens with zero attached hydrogens (tertiary/aromatic N) is 2. The Hall–Kier alpha value is -1.51. The van der Waals surface area contributed by atoms with Gasteiger partial charge in [-0.15, -0.1) is 0 Å². The van der Waals surface area contributed by atoms with Crippen molar-refractivity contribution >= 4 is 11.6 Å². The van der Waals surface area contributed by atoms with Gasteiger partial charge in [0.05, 0.1) is 0 Å². The average molecular weight is 231 g/mol. The van der Waals surface area contributed by atoms with Crippen LogP contribution >= 0.6 is 0 Å². The molecule has 0 atom stereocenters. The summed E-state index contributed by atoms with van der Waals surface area (Å²) in [5, 5.41) is 0. The van der Waals surface area contributed by atoms with Gasteiger partial charge in [0.1, 0.15) is 0 Å². The van der Waals surface area contributed by atoms with Gasteiger partial charge in [-0.1, -0.05) is 32.0 Å². The fourth-order valence-corrected chi connectivity index (χ4v) is 2.13. The molecule has 0 aliphatic carbocycles. The van der Waals surface area contributed by atoms with Crippen LogP contribution in [-0.4, -0.2) is 19.0 Å². The largest absolute Gasteiger partial charge is 0.370 e. The van der Waals surface area contributed by atoms with E-state index in [1.165, 1.54) is 11.3 Å². The van der Waals surface area contributed by atoms with Crippen LogP contribution in [0.2, 0.25) is 0 Å². The number of aryl methyl sites for hydroxylation is 1. The molecular formula is C14H21N3. The number of benzene rings is 1. The summed E-state index contributed by atoms with van der Waals surface area (Å²) in [6, 6.07) is 8.46. The molecule has 0 saturated heterocycles. The van der Waals surface area contributed by atoms with Crippen LogP contribution in [0, 0.1) is 5.92 Å². The lowest BCUT2D eigenvalue weighted by molar-refractivity contribution is 0.661. The van der Waals surface area contributed by atoms with E-state index in [0.717, 1.165) is 25.9 Å². The molecule has 1 aromatic carbocycles. The zero-order valence-electron chi connectivity index (χ0n) is 10.7. The number of rotatable bonds is 2. The first-order valence-electron chi connectivity index (χ1n) is 6.34. The summed E-state index contributed by atoms with van der Waals surface area (Å²) in [6.45, 7) is 6.08. The number of nitrogens with two attached hydrogens (primary N) is 1. The summed E-state index contributed by atoms with van der Waals surface area (Å²) in [6.07, 6.45) is 2.29. The van der Waals surface area contributed by atoms with Gasteiger partial charge in [-0.2, -0.15) is 0 Å². The highest BCUT2D eigenvalue weighted by molar-refractivity contribution is 5.95. The van der Waals surface area contributed by atoms with Gasteiger partial charge >= 0.3 is 0 Å². The fourth-order valence-electron chi connectivity index (χ4n) is 2.13. The summed E-state index contributed by atoms with van der Waals surface area (Å²) < 4.78 is 0. The van der Waals surface area contributed by atoms with Gasteiger partial charge in [0.15, 0.2) is 5.96 Å². The van der Waals surface area contributed by atoms with E-state index in [1.807, 2.05) is 0 Å². The minimum absolute atomic E-state index is 0.550. The van der Waals surface area contributed by atoms with Crippen molar-refractivity contribution in [1.29, 1.82) is 0 Å². The van der Waals surface area contributed by atoms with Crippen molar-refractivity contribution in [2.75, 3.05) is 18.0 Å². The second kappa shape index (κ2) is 5.21. The summed E-state index contributed by atoms with van der Waals surface area (Å²) in [5.74, 6) is 1.21. The third kappa shape index (κ3) is 2.78. The molecule has 3 nitrogen and oxygen atoms in total. The summed E-state index contributed by atoms with van der Waals surface area (Å²) in [4.78, 5) is 6.61. The molecule has 0 amide bonds. The molecule has 0 bridgehead atoms. The minimum Gasteiger partial charge on any atom is -0.370 e. The SMILES string of the molecule is CC(C)CN=C(N)N1CCCc2ccccc21. The maximum atomic E-state index is 6.09. The quantitative estimate of drug-likeness (QED) is 0.627. The number of fused-ring (bicyclic) bond motifs is 1. The van der Waals surface area contributed by atoms with Gasteiger partial charge in [0.2, 0.25) is 0 Å². The lowest BCUT2D eigenvalue weighted by atomic mass is 10.0. The molecule has 0 aromatic heterocycles. The normalized spacial score (nSPS) is 16.2. The third-order valence-electron chi connectivity index (χ3n) is 3.01. The maximum absolute atomic E-state index is 6.09. The van der Waals surface area contributed by atoms with Gasteiger partial charge in [-0.3, -0.25) is 4.99 Å². The highest BCUT2D eigenvalue weighted by Gasteiger charge is 2.18. The molecule has 0 fully saturated rings. The Labute approximate surface area is 103 Å². The van der Waals surface area contributed by atoms with E-state index in [1.54, 1.807) is 0 Å². The minimum atomic E-state index is 0.550. The molecule has 2 rings (SSSR count). The zero-order valence-corrected chi connectivity index (χ0v) is 10.7. The topological polar surface area (TPSA) is 41.6 Å². The molecule has 0 saturated carbocycles. The Morgan fingerprint density at radius 2 is 2.18 bits per heavy atom. The number of para-hydroxylation sites is 1. The molecule has 1 aliphatic rings. The van der Waals surface area contributed by atoms with Gasteiger partial charge < -0.3 is 10.6 Å². The van der Waals surface area contributed by atoms with E-state index in [2.05, 4.69) is 48.0 Å². The average Bonchev–Trinajstić information content (AvgIpc) is 2.35. The van der Waals surface area contributed by atoms with Crippen LogP contribution in [-0.2, 0) is 6.42 Å². The van der Waals surface area contributed by atoms with Gasteiger partial charge in [0, 0.05) is 18.8 Å². The molecule has 1 heterocycles. The van der Waals surface area contributed by atoms with E-state index >= 15 is 0 Å². The summed E-state index contributed by atoms with van der Waals surface area (Å²) in [5.41, 5.74) is 8.69. The maximum Gasteiger partial charge on any atom is 0.195 e. The Kier molecular flexibility index (Phi) is 3.67. The third-order valence-corrected chi connectivity index (χ3v) is 3.01. The van der Waals surface area contributed by atoms with Gasteiger partial charge in [0.25, 0.3) is 0 Å². The molecule has 0 unspecified atom stereocenters. The van der Waals surface area contributed by atoms with Crippen molar-refractivity contribution in [3.05, 3.63) is 29.8 Å². The molecule has 1 aliphatic heterocycles. The first kappa shape index (κ1) is 12.0. The molecule has 17 heavy (non-hydrogen) atoms. The first-order chi connectivity index (χ1) is 8.18. The standard InChI is InChI=1S/C14H21N3/c1-11(2)10-16-14(15)17-9-5-7-12-6-3-4-8-13(12)17/h3-4,6,8,11H,5,7,9-10H2,1-2H3,(H2,15,16). The van der Waals surface area contributed by atoms with E-state index < -0.39 is 0 Å². The fraction of sp³-hybridized carbons (Fsp3) is 0.500. The van der Waals surface area contributed by atoms with Crippen molar-refractivity contribution in [3.8, 4) is 0 Å². The van der Waals surface area contributed by atoms with E-state index in [0.29, 0.717) is 11.9 Å². The Balaban J connectivity index is 2.20.